The first kappa shape index (κ1) is 26.6. The van der Waals surface area contributed by atoms with Crippen LogP contribution in [0.25, 0.3) is 0 Å². The van der Waals surface area contributed by atoms with Crippen LogP contribution in [-0.4, -0.2) is 52.0 Å². The van der Waals surface area contributed by atoms with E-state index >= 15 is 0 Å². The number of nitrogens with zero attached hydrogens (tertiary/aromatic N) is 1. The molecule has 7 heteroatoms. The molecule has 0 saturated carbocycles. The van der Waals surface area contributed by atoms with Crippen LogP contribution >= 0.6 is 9.47 Å². The van der Waals surface area contributed by atoms with Crippen molar-refractivity contribution in [2.45, 2.75) is 27.7 Å². The lowest BCUT2D eigenvalue weighted by molar-refractivity contribution is -0.126. The Kier molecular flexibility index (Phi) is 17.2. The smallest absolute Gasteiger partial charge is 0.292 e. The first-order chi connectivity index (χ1) is 12.3. The summed E-state index contributed by atoms with van der Waals surface area (Å²) in [5, 5.41) is 0. The molecule has 0 aromatic rings. The molecule has 0 spiro atoms. The van der Waals surface area contributed by atoms with Crippen LogP contribution in [0.4, 0.5) is 0 Å². The van der Waals surface area contributed by atoms with Gasteiger partial charge in [0.2, 0.25) is 0 Å². The van der Waals surface area contributed by atoms with Gasteiger partial charge in [0.15, 0.2) is 0 Å². The van der Waals surface area contributed by atoms with Crippen LogP contribution in [0.5, 0.6) is 0 Å². The molecule has 6 nitrogen and oxygen atoms in total. The zero-order valence-corrected chi connectivity index (χ0v) is 18.1. The normalized spacial score (nSPS) is 11.6. The molecule has 150 valence electrons. The van der Waals surface area contributed by atoms with Crippen molar-refractivity contribution in [1.29, 1.82) is 0 Å². The van der Waals surface area contributed by atoms with E-state index in [1.807, 2.05) is 20.8 Å². The van der Waals surface area contributed by atoms with Crippen molar-refractivity contribution >= 4 is 15.9 Å². The molecule has 0 aromatic carbocycles. The van der Waals surface area contributed by atoms with Crippen LogP contribution in [0.2, 0.25) is 0 Å². The zero-order valence-electron chi connectivity index (χ0n) is 17.0. The molecule has 0 amide bonds. The maximum Gasteiger partial charge on any atom is 0.292 e. The Morgan fingerprint density at radius 2 is 1.65 bits per heavy atom. The minimum absolute atomic E-state index is 0.375. The second-order valence-corrected chi connectivity index (χ2v) is 5.76. The number of methoxy groups -OCH3 is 2. The van der Waals surface area contributed by atoms with Crippen LogP contribution < -0.4 is 0 Å². The van der Waals surface area contributed by atoms with Crippen molar-refractivity contribution < 1.29 is 23.5 Å². The molecule has 0 aliphatic heterocycles. The van der Waals surface area contributed by atoms with E-state index < -0.39 is 0 Å². The first-order valence-corrected chi connectivity index (χ1v) is 8.61. The Bertz CT molecular complexity index is 500. The van der Waals surface area contributed by atoms with E-state index in [1.165, 1.54) is 7.11 Å². The van der Waals surface area contributed by atoms with Gasteiger partial charge in [-0.05, 0) is 44.9 Å². The molecule has 0 aliphatic rings. The quantitative estimate of drug-likeness (QED) is 0.167. The minimum atomic E-state index is 0.375. The summed E-state index contributed by atoms with van der Waals surface area (Å²) < 4.78 is 19.4. The topological polar surface area (TPSA) is 57.2 Å². The Morgan fingerprint density at radius 3 is 2.08 bits per heavy atom. The van der Waals surface area contributed by atoms with Crippen molar-refractivity contribution in [3.8, 4) is 0 Å². The van der Waals surface area contributed by atoms with Crippen molar-refractivity contribution in [2.24, 2.45) is 0 Å². The predicted octanol–water partition coefficient (Wildman–Crippen LogP) is 3.83. The maximum absolute atomic E-state index is 8.95. The summed E-state index contributed by atoms with van der Waals surface area (Å²) in [6.45, 7) is 18.9. The lowest BCUT2D eigenvalue weighted by Crippen LogP contribution is -2.24. The molecule has 0 rings (SSSR count). The van der Waals surface area contributed by atoms with Crippen molar-refractivity contribution in [2.75, 3.05) is 40.6 Å². The highest BCUT2D eigenvalue weighted by atomic mass is 31.0. The van der Waals surface area contributed by atoms with Gasteiger partial charge >= 0.3 is 0 Å². The van der Waals surface area contributed by atoms with Crippen molar-refractivity contribution in [3.05, 3.63) is 47.5 Å². The average Bonchev–Trinajstić information content (AvgIpc) is 2.62. The second kappa shape index (κ2) is 16.8. The summed E-state index contributed by atoms with van der Waals surface area (Å²) in [5.41, 5.74) is 4.25. The number of hydrogen-bond donors (Lipinski definition) is 0. The van der Waals surface area contributed by atoms with Gasteiger partial charge in [0.05, 0.1) is 34.0 Å². The van der Waals surface area contributed by atoms with E-state index in [4.69, 9.17) is 18.8 Å². The van der Waals surface area contributed by atoms with Gasteiger partial charge in [-0.15, -0.1) is 0 Å². The third kappa shape index (κ3) is 12.7. The monoisotopic (exact) mass is 387 g/mol. The molecule has 1 unspecified atom stereocenters. The number of allylic oxidation sites excluding steroid dienone is 5. The first-order valence-electron chi connectivity index (χ1n) is 8.14. The SMILES string of the molecule is C=C(OC)/C(C)=C(C)/C=C(/C)N(CCOCCOP)C(=C)C.COC=O. The van der Waals surface area contributed by atoms with Gasteiger partial charge in [-0.3, -0.25) is 4.79 Å². The Labute approximate surface area is 160 Å². The Hall–Kier alpha value is -1.62. The number of carbonyl (C=O) groups is 1. The van der Waals surface area contributed by atoms with Crippen LogP contribution in [-0.2, 0) is 23.5 Å². The van der Waals surface area contributed by atoms with E-state index in [0.717, 1.165) is 29.1 Å². The summed E-state index contributed by atoms with van der Waals surface area (Å²) in [7, 11) is 5.16. The highest BCUT2D eigenvalue weighted by molar-refractivity contribution is 7.09. The molecule has 0 saturated heterocycles. The van der Waals surface area contributed by atoms with Gasteiger partial charge in [-0.1, -0.05) is 13.2 Å². The number of rotatable bonds is 12. The molecule has 1 atom stereocenters. The molecule has 26 heavy (non-hydrogen) atoms. The summed E-state index contributed by atoms with van der Waals surface area (Å²) in [4.78, 5) is 11.1. The van der Waals surface area contributed by atoms with Gasteiger partial charge in [-0.2, -0.15) is 0 Å². The standard InChI is InChI=1S/C17H30NO3P.C2H4O2/c1-13(2)18(8-9-20-10-11-21-22)15(4)12-14(3)16(5)17(6)19-7;1-4-2-3/h12H,1,6,8-11,22H2,2-5,7H3;2H,1H3/b15-12-,16-14+;. The molecular weight excluding hydrogens is 353 g/mol. The number of hydrogen-bond acceptors (Lipinski definition) is 6. The fourth-order valence-electron chi connectivity index (χ4n) is 1.91. The number of carbonyl (C=O) groups excluding carboxylic acids is 1. The van der Waals surface area contributed by atoms with Crippen LogP contribution in [0.1, 0.15) is 27.7 Å². The highest BCUT2D eigenvalue weighted by Crippen LogP contribution is 2.18. The molecule has 0 radical (unpaired) electrons. The summed E-state index contributed by atoms with van der Waals surface area (Å²) in [5.74, 6) is 0.684. The molecule has 0 bridgehead atoms. The Balaban J connectivity index is 0. The third-order valence-corrected chi connectivity index (χ3v) is 3.70. The van der Waals surface area contributed by atoms with E-state index in [1.54, 1.807) is 7.11 Å². The summed E-state index contributed by atoms with van der Waals surface area (Å²) >= 11 is 0. The van der Waals surface area contributed by atoms with Gasteiger partial charge in [0, 0.05) is 27.4 Å². The molecule has 0 aromatic heterocycles. The maximum atomic E-state index is 8.95. The zero-order chi connectivity index (χ0) is 20.5. The van der Waals surface area contributed by atoms with E-state index in [-0.39, 0.29) is 0 Å². The lowest BCUT2D eigenvalue weighted by atomic mass is 10.1. The molecular formula is C19H34NO5P. The van der Waals surface area contributed by atoms with Crippen molar-refractivity contribution in [1.82, 2.24) is 4.90 Å². The van der Waals surface area contributed by atoms with Crippen LogP contribution in [0.3, 0.4) is 0 Å². The molecule has 0 N–H and O–H groups in total. The summed E-state index contributed by atoms with van der Waals surface area (Å²) in [6.07, 6.45) is 2.11. The van der Waals surface area contributed by atoms with E-state index in [0.29, 0.717) is 32.1 Å². The number of ether oxygens (including phenoxy) is 3. The summed E-state index contributed by atoms with van der Waals surface area (Å²) in [6, 6.07) is 0. The van der Waals surface area contributed by atoms with Gasteiger partial charge in [0.1, 0.15) is 5.76 Å². The fraction of sp³-hybridized carbons (Fsp3) is 0.526. The van der Waals surface area contributed by atoms with Gasteiger partial charge in [0.25, 0.3) is 6.47 Å². The minimum Gasteiger partial charge on any atom is -0.497 e. The predicted molar refractivity (Wildman–Crippen MR) is 109 cm³/mol. The molecule has 0 aliphatic carbocycles. The fourth-order valence-corrected chi connectivity index (χ4v) is 2.00. The lowest BCUT2D eigenvalue weighted by Gasteiger charge is -2.26. The second-order valence-electron chi connectivity index (χ2n) is 5.42. The highest BCUT2D eigenvalue weighted by Gasteiger charge is 2.08. The molecule has 0 heterocycles. The van der Waals surface area contributed by atoms with Crippen LogP contribution in [0, 0.1) is 0 Å². The van der Waals surface area contributed by atoms with Crippen LogP contribution in [0.15, 0.2) is 47.5 Å². The van der Waals surface area contributed by atoms with Gasteiger partial charge < -0.3 is 23.6 Å². The average molecular weight is 387 g/mol. The van der Waals surface area contributed by atoms with Crippen molar-refractivity contribution in [3.63, 3.8) is 0 Å². The largest absolute Gasteiger partial charge is 0.497 e. The van der Waals surface area contributed by atoms with Gasteiger partial charge in [-0.25, -0.2) is 0 Å². The molecule has 0 fully saturated rings. The third-order valence-electron chi connectivity index (χ3n) is 3.47. The van der Waals surface area contributed by atoms with E-state index in [9.17, 15) is 0 Å². The Morgan fingerprint density at radius 1 is 1.08 bits per heavy atom. The van der Waals surface area contributed by atoms with E-state index in [2.05, 4.69) is 45.3 Å².